The van der Waals surface area contributed by atoms with Gasteiger partial charge < -0.3 is 15.7 Å². The summed E-state index contributed by atoms with van der Waals surface area (Å²) >= 11 is 0. The number of carbonyl (C=O) groups is 1. The van der Waals surface area contributed by atoms with Gasteiger partial charge in [-0.3, -0.25) is 9.36 Å². The molecule has 2 rings (SSSR count). The second-order valence-corrected chi connectivity index (χ2v) is 6.29. The molecule has 2 heterocycles. The van der Waals surface area contributed by atoms with Crippen LogP contribution in [-0.4, -0.2) is 33.2 Å². The van der Waals surface area contributed by atoms with Crippen LogP contribution in [0.15, 0.2) is 11.0 Å². The van der Waals surface area contributed by atoms with Crippen molar-refractivity contribution in [2.24, 2.45) is 0 Å². The van der Waals surface area contributed by atoms with Gasteiger partial charge in [0, 0.05) is 19.0 Å². The van der Waals surface area contributed by atoms with Gasteiger partial charge in [0.15, 0.2) is 0 Å². The minimum atomic E-state index is -1.01. The van der Waals surface area contributed by atoms with Gasteiger partial charge in [-0.1, -0.05) is 6.92 Å². The largest absolute Gasteiger partial charge is 0.480 e. The Morgan fingerprint density at radius 2 is 2.27 bits per heavy atom. The van der Waals surface area contributed by atoms with Crippen molar-refractivity contribution in [1.82, 2.24) is 14.9 Å². The van der Waals surface area contributed by atoms with E-state index in [1.165, 1.54) is 10.8 Å². The Hall–Kier alpha value is -1.89. The van der Waals surface area contributed by atoms with Crippen molar-refractivity contribution >= 4 is 11.7 Å². The summed E-state index contributed by atoms with van der Waals surface area (Å²) < 4.78 is 1.32. The molecule has 0 saturated carbocycles. The molecule has 1 aliphatic heterocycles. The van der Waals surface area contributed by atoms with Crippen LogP contribution >= 0.6 is 0 Å². The number of carboxylic acid groups (broad SMARTS) is 1. The topological polar surface area (TPSA) is 96.2 Å². The number of nitrogens with one attached hydrogen (secondary N) is 2. The van der Waals surface area contributed by atoms with Crippen LogP contribution < -0.4 is 16.2 Å². The third-order valence-corrected chi connectivity index (χ3v) is 3.86. The van der Waals surface area contributed by atoms with E-state index in [0.717, 1.165) is 6.42 Å². The maximum Gasteiger partial charge on any atom is 0.326 e. The zero-order valence-electron chi connectivity index (χ0n) is 13.5. The van der Waals surface area contributed by atoms with Crippen molar-refractivity contribution in [2.75, 3.05) is 11.9 Å². The molecule has 7 nitrogen and oxygen atoms in total. The van der Waals surface area contributed by atoms with Crippen LogP contribution in [0.3, 0.4) is 0 Å². The van der Waals surface area contributed by atoms with Crippen molar-refractivity contribution in [3.8, 4) is 0 Å². The summed E-state index contributed by atoms with van der Waals surface area (Å²) in [6.07, 6.45) is 2.68. The van der Waals surface area contributed by atoms with Crippen molar-refractivity contribution in [3.63, 3.8) is 0 Å². The average molecular weight is 308 g/mol. The highest BCUT2D eigenvalue weighted by atomic mass is 16.4. The minimum absolute atomic E-state index is 0.154. The van der Waals surface area contributed by atoms with Gasteiger partial charge in [0.2, 0.25) is 0 Å². The fourth-order valence-electron chi connectivity index (χ4n) is 3.08. The molecule has 3 N–H and O–H groups in total. The van der Waals surface area contributed by atoms with E-state index in [-0.39, 0.29) is 11.6 Å². The number of fused-ring (bicyclic) bond motifs is 1. The van der Waals surface area contributed by atoms with Gasteiger partial charge >= 0.3 is 5.97 Å². The first-order valence-electron chi connectivity index (χ1n) is 7.66. The lowest BCUT2D eigenvalue weighted by Crippen LogP contribution is -2.43. The molecule has 0 bridgehead atoms. The normalized spacial score (nSPS) is 23.6. The van der Waals surface area contributed by atoms with E-state index in [9.17, 15) is 14.7 Å². The number of carboxylic acids is 1. The third kappa shape index (κ3) is 2.85. The molecule has 0 spiro atoms. The number of rotatable bonds is 6. The maximum atomic E-state index is 12.6. The predicted molar refractivity (Wildman–Crippen MR) is 84.2 cm³/mol. The summed E-state index contributed by atoms with van der Waals surface area (Å²) in [5.41, 5.74) is -0.592. The van der Waals surface area contributed by atoms with E-state index >= 15 is 0 Å². The second kappa shape index (κ2) is 6.08. The van der Waals surface area contributed by atoms with Crippen LogP contribution in [0, 0.1) is 0 Å². The van der Waals surface area contributed by atoms with Crippen LogP contribution in [-0.2, 0) is 10.3 Å². The van der Waals surface area contributed by atoms with Crippen LogP contribution in [0.4, 0.5) is 5.69 Å². The number of nitrogens with zero attached hydrogens (tertiary/aromatic N) is 2. The van der Waals surface area contributed by atoms with E-state index < -0.39 is 17.6 Å². The second-order valence-electron chi connectivity index (χ2n) is 6.29. The molecule has 0 fully saturated rings. The molecule has 7 heteroatoms. The average Bonchev–Trinajstić information content (AvgIpc) is 2.71. The number of anilines is 1. The van der Waals surface area contributed by atoms with Crippen LogP contribution in [0.25, 0.3) is 0 Å². The summed E-state index contributed by atoms with van der Waals surface area (Å²) in [6.45, 7) is 8.51. The first-order valence-corrected chi connectivity index (χ1v) is 7.66. The lowest BCUT2D eigenvalue weighted by atomic mass is 9.95. The molecule has 0 aliphatic carbocycles. The van der Waals surface area contributed by atoms with Crippen LogP contribution in [0.5, 0.6) is 0 Å². The van der Waals surface area contributed by atoms with Crippen LogP contribution in [0.2, 0.25) is 0 Å². The van der Waals surface area contributed by atoms with E-state index in [4.69, 9.17) is 0 Å². The number of hydrogen-bond acceptors (Lipinski definition) is 5. The Labute approximate surface area is 129 Å². The molecular formula is C15H24N4O3. The summed E-state index contributed by atoms with van der Waals surface area (Å²) in [6, 6.07) is -0.740. The molecular weight excluding hydrogens is 284 g/mol. The molecule has 0 aromatic carbocycles. The van der Waals surface area contributed by atoms with Crippen molar-refractivity contribution < 1.29 is 9.90 Å². The highest BCUT2D eigenvalue weighted by Gasteiger charge is 2.46. The third-order valence-electron chi connectivity index (χ3n) is 3.86. The zero-order valence-corrected chi connectivity index (χ0v) is 13.5. The van der Waals surface area contributed by atoms with Crippen LogP contribution in [0.1, 0.15) is 52.4 Å². The molecule has 0 amide bonds. The summed E-state index contributed by atoms with van der Waals surface area (Å²) in [4.78, 5) is 28.6. The predicted octanol–water partition coefficient (Wildman–Crippen LogP) is 1.31. The maximum absolute atomic E-state index is 12.6. The summed E-state index contributed by atoms with van der Waals surface area (Å²) in [5.74, 6) is -0.521. The van der Waals surface area contributed by atoms with Gasteiger partial charge in [0.25, 0.3) is 5.56 Å². The molecule has 0 saturated heterocycles. The molecule has 0 unspecified atom stereocenters. The van der Waals surface area contributed by atoms with E-state index in [1.54, 1.807) is 0 Å². The Morgan fingerprint density at radius 3 is 2.82 bits per heavy atom. The molecule has 122 valence electrons. The first-order chi connectivity index (χ1) is 10.3. The highest BCUT2D eigenvalue weighted by molar-refractivity contribution is 5.73. The monoisotopic (exact) mass is 308 g/mol. The van der Waals surface area contributed by atoms with Gasteiger partial charge in [0.1, 0.15) is 17.6 Å². The van der Waals surface area contributed by atoms with Crippen molar-refractivity contribution in [3.05, 3.63) is 22.4 Å². The van der Waals surface area contributed by atoms with Crippen molar-refractivity contribution in [1.29, 1.82) is 0 Å². The summed E-state index contributed by atoms with van der Waals surface area (Å²) in [7, 11) is 0. The molecule has 1 aromatic rings. The molecule has 1 aliphatic rings. The standard InChI is InChI=1S/C15H24N4O3/c1-5-6-16-10-8-17-14-15(4,18-9(2)3)7-11(13(21)22)19(14)12(10)20/h8-9,11,16,18H,5-7H2,1-4H3,(H,21,22)/t11-,15+/m0/s1. The van der Waals surface area contributed by atoms with Gasteiger partial charge in [-0.2, -0.15) is 0 Å². The SMILES string of the molecule is CCCNc1cnc2n(c1=O)[C@H](C(=O)O)C[C@@]2(C)NC(C)C. The Balaban J connectivity index is 2.53. The smallest absolute Gasteiger partial charge is 0.326 e. The van der Waals surface area contributed by atoms with Gasteiger partial charge in [-0.25, -0.2) is 9.78 Å². The Morgan fingerprint density at radius 1 is 1.59 bits per heavy atom. The fourth-order valence-corrected chi connectivity index (χ4v) is 3.08. The van der Waals surface area contributed by atoms with E-state index in [0.29, 0.717) is 24.5 Å². The minimum Gasteiger partial charge on any atom is -0.480 e. The quantitative estimate of drug-likeness (QED) is 0.733. The molecule has 2 atom stereocenters. The van der Waals surface area contributed by atoms with E-state index in [1.807, 2.05) is 27.7 Å². The Bertz CT molecular complexity index is 626. The van der Waals surface area contributed by atoms with Gasteiger partial charge in [0.05, 0.1) is 11.7 Å². The van der Waals surface area contributed by atoms with Gasteiger partial charge in [-0.15, -0.1) is 0 Å². The zero-order chi connectivity index (χ0) is 16.5. The van der Waals surface area contributed by atoms with E-state index in [2.05, 4.69) is 15.6 Å². The van der Waals surface area contributed by atoms with Crippen molar-refractivity contribution in [2.45, 2.75) is 58.2 Å². The number of hydrogen-bond donors (Lipinski definition) is 3. The summed E-state index contributed by atoms with van der Waals surface area (Å²) in [5, 5.41) is 15.8. The first kappa shape index (κ1) is 16.5. The highest BCUT2D eigenvalue weighted by Crippen LogP contribution is 2.37. The lowest BCUT2D eigenvalue weighted by Gasteiger charge is -2.27. The van der Waals surface area contributed by atoms with Gasteiger partial charge in [-0.05, 0) is 27.2 Å². The molecule has 0 radical (unpaired) electrons. The number of aromatic nitrogens is 2. The number of aliphatic carboxylic acids is 1. The lowest BCUT2D eigenvalue weighted by molar-refractivity contribution is -0.141. The Kier molecular flexibility index (Phi) is 4.55. The fraction of sp³-hybridized carbons (Fsp3) is 0.667. The molecule has 22 heavy (non-hydrogen) atoms. The molecule has 1 aromatic heterocycles.